The first-order chi connectivity index (χ1) is 9.22. The standard InChI is InChI=1S/C15H20N2O2/c1-10(16-8-11-3-2-4-11)12-5-6-14-13(7-12)17-15(18)9-19-14/h5-7,10-11,16H,2-4,8-9H2,1H3,(H,17,18). The summed E-state index contributed by atoms with van der Waals surface area (Å²) in [5, 5.41) is 6.42. The normalized spacial score (nSPS) is 19.9. The zero-order chi connectivity index (χ0) is 13.2. The van der Waals surface area contributed by atoms with Crippen molar-refractivity contribution in [3.63, 3.8) is 0 Å². The molecule has 1 aromatic rings. The number of amides is 1. The molecule has 1 aliphatic carbocycles. The highest BCUT2D eigenvalue weighted by molar-refractivity contribution is 5.95. The molecule has 2 aliphatic rings. The van der Waals surface area contributed by atoms with Gasteiger partial charge in [-0.15, -0.1) is 0 Å². The fourth-order valence-corrected chi connectivity index (χ4v) is 2.53. The second-order valence-electron chi connectivity index (χ2n) is 5.52. The van der Waals surface area contributed by atoms with Crippen LogP contribution in [0.3, 0.4) is 0 Å². The van der Waals surface area contributed by atoms with Crippen LogP contribution in [0.4, 0.5) is 5.69 Å². The summed E-state index contributed by atoms with van der Waals surface area (Å²) in [5.74, 6) is 1.53. The fraction of sp³-hybridized carbons (Fsp3) is 0.533. The van der Waals surface area contributed by atoms with Crippen LogP contribution in [0.2, 0.25) is 0 Å². The van der Waals surface area contributed by atoms with Crippen molar-refractivity contribution in [1.29, 1.82) is 0 Å². The van der Waals surface area contributed by atoms with Crippen molar-refractivity contribution < 1.29 is 9.53 Å². The number of anilines is 1. The molecule has 0 bridgehead atoms. The molecule has 4 nitrogen and oxygen atoms in total. The molecule has 1 heterocycles. The first-order valence-corrected chi connectivity index (χ1v) is 7.02. The number of nitrogens with one attached hydrogen (secondary N) is 2. The van der Waals surface area contributed by atoms with E-state index in [0.29, 0.717) is 6.04 Å². The Morgan fingerprint density at radius 1 is 1.47 bits per heavy atom. The molecular weight excluding hydrogens is 240 g/mol. The van der Waals surface area contributed by atoms with E-state index < -0.39 is 0 Å². The molecule has 4 heteroatoms. The first kappa shape index (κ1) is 12.5. The van der Waals surface area contributed by atoms with E-state index in [1.54, 1.807) is 0 Å². The van der Waals surface area contributed by atoms with Gasteiger partial charge < -0.3 is 15.4 Å². The lowest BCUT2D eigenvalue weighted by Gasteiger charge is -2.28. The molecule has 1 fully saturated rings. The number of fused-ring (bicyclic) bond motifs is 1. The van der Waals surface area contributed by atoms with Crippen LogP contribution >= 0.6 is 0 Å². The van der Waals surface area contributed by atoms with E-state index >= 15 is 0 Å². The third kappa shape index (κ3) is 2.73. The van der Waals surface area contributed by atoms with Crippen LogP contribution in [0.15, 0.2) is 18.2 Å². The molecule has 0 saturated heterocycles. The molecule has 1 saturated carbocycles. The predicted octanol–water partition coefficient (Wildman–Crippen LogP) is 2.47. The van der Waals surface area contributed by atoms with Crippen molar-refractivity contribution in [2.24, 2.45) is 5.92 Å². The summed E-state index contributed by atoms with van der Waals surface area (Å²) in [6.45, 7) is 3.36. The maximum atomic E-state index is 11.3. The monoisotopic (exact) mass is 260 g/mol. The van der Waals surface area contributed by atoms with Gasteiger partial charge in [-0.2, -0.15) is 0 Å². The first-order valence-electron chi connectivity index (χ1n) is 7.02. The highest BCUT2D eigenvalue weighted by Gasteiger charge is 2.20. The zero-order valence-corrected chi connectivity index (χ0v) is 11.2. The van der Waals surface area contributed by atoms with E-state index in [4.69, 9.17) is 4.74 Å². The SMILES string of the molecule is CC(NCC1CCC1)c1ccc2c(c1)NC(=O)CO2. The maximum Gasteiger partial charge on any atom is 0.262 e. The molecule has 0 spiro atoms. The number of hydrogen-bond acceptors (Lipinski definition) is 3. The van der Waals surface area contributed by atoms with Crippen molar-refractivity contribution in [1.82, 2.24) is 5.32 Å². The van der Waals surface area contributed by atoms with Gasteiger partial charge in [0.05, 0.1) is 5.69 Å². The van der Waals surface area contributed by atoms with Gasteiger partial charge in [0.15, 0.2) is 6.61 Å². The van der Waals surface area contributed by atoms with Crippen molar-refractivity contribution in [3.05, 3.63) is 23.8 Å². The van der Waals surface area contributed by atoms with Crippen LogP contribution in [0.25, 0.3) is 0 Å². The smallest absolute Gasteiger partial charge is 0.262 e. The van der Waals surface area contributed by atoms with Gasteiger partial charge in [0, 0.05) is 6.04 Å². The third-order valence-corrected chi connectivity index (χ3v) is 4.07. The van der Waals surface area contributed by atoms with Gasteiger partial charge in [-0.1, -0.05) is 12.5 Å². The zero-order valence-electron chi connectivity index (χ0n) is 11.2. The van der Waals surface area contributed by atoms with E-state index in [-0.39, 0.29) is 12.5 Å². The van der Waals surface area contributed by atoms with Gasteiger partial charge in [-0.3, -0.25) is 4.79 Å². The van der Waals surface area contributed by atoms with E-state index in [2.05, 4.69) is 23.6 Å². The summed E-state index contributed by atoms with van der Waals surface area (Å²) < 4.78 is 5.36. The molecule has 1 aliphatic heterocycles. The molecule has 1 aromatic carbocycles. The number of carbonyl (C=O) groups is 1. The van der Waals surface area contributed by atoms with Crippen LogP contribution in [0.1, 0.15) is 37.8 Å². The average molecular weight is 260 g/mol. The number of benzene rings is 1. The molecule has 0 radical (unpaired) electrons. The molecule has 0 aromatic heterocycles. The second-order valence-corrected chi connectivity index (χ2v) is 5.52. The van der Waals surface area contributed by atoms with Gasteiger partial charge in [0.25, 0.3) is 5.91 Å². The van der Waals surface area contributed by atoms with Crippen molar-refractivity contribution >= 4 is 11.6 Å². The lowest BCUT2D eigenvalue weighted by Crippen LogP contribution is -2.29. The Hall–Kier alpha value is -1.55. The molecule has 1 amide bonds. The van der Waals surface area contributed by atoms with Gasteiger partial charge >= 0.3 is 0 Å². The third-order valence-electron chi connectivity index (χ3n) is 4.07. The lowest BCUT2D eigenvalue weighted by atomic mass is 9.85. The van der Waals surface area contributed by atoms with Crippen LogP contribution in [-0.2, 0) is 4.79 Å². The van der Waals surface area contributed by atoms with Crippen molar-refractivity contribution in [2.45, 2.75) is 32.2 Å². The predicted molar refractivity (Wildman–Crippen MR) is 74.3 cm³/mol. The largest absolute Gasteiger partial charge is 0.482 e. The van der Waals surface area contributed by atoms with Gasteiger partial charge in [-0.05, 0) is 49.9 Å². The molecule has 2 N–H and O–H groups in total. The minimum absolute atomic E-state index is 0.0836. The van der Waals surface area contributed by atoms with E-state index in [9.17, 15) is 4.79 Å². The lowest BCUT2D eigenvalue weighted by molar-refractivity contribution is -0.118. The van der Waals surface area contributed by atoms with Crippen LogP contribution in [0.5, 0.6) is 5.75 Å². The van der Waals surface area contributed by atoms with Crippen molar-refractivity contribution in [2.75, 3.05) is 18.5 Å². The summed E-state index contributed by atoms with van der Waals surface area (Å²) in [7, 11) is 0. The Bertz CT molecular complexity index is 483. The molecule has 3 rings (SSSR count). The van der Waals surface area contributed by atoms with Crippen molar-refractivity contribution in [3.8, 4) is 5.75 Å². The molecule has 1 unspecified atom stereocenters. The number of carbonyl (C=O) groups excluding carboxylic acids is 1. The van der Waals surface area contributed by atoms with Gasteiger partial charge in [-0.25, -0.2) is 0 Å². The molecule has 102 valence electrons. The highest BCUT2D eigenvalue weighted by atomic mass is 16.5. The second kappa shape index (κ2) is 5.21. The highest BCUT2D eigenvalue weighted by Crippen LogP contribution is 2.31. The quantitative estimate of drug-likeness (QED) is 0.874. The Balaban J connectivity index is 1.66. The van der Waals surface area contributed by atoms with Gasteiger partial charge in [0.2, 0.25) is 0 Å². The van der Waals surface area contributed by atoms with Crippen LogP contribution in [-0.4, -0.2) is 19.1 Å². The molecule has 1 atom stereocenters. The van der Waals surface area contributed by atoms with E-state index in [1.807, 2.05) is 12.1 Å². The van der Waals surface area contributed by atoms with Crippen LogP contribution < -0.4 is 15.4 Å². The summed E-state index contributed by atoms with van der Waals surface area (Å²) in [4.78, 5) is 11.3. The number of ether oxygens (including phenoxy) is 1. The van der Waals surface area contributed by atoms with E-state index in [0.717, 1.165) is 23.9 Å². The summed E-state index contributed by atoms with van der Waals surface area (Å²) in [5.41, 5.74) is 1.97. The fourth-order valence-electron chi connectivity index (χ4n) is 2.53. The minimum atomic E-state index is -0.0836. The molecule has 19 heavy (non-hydrogen) atoms. The van der Waals surface area contributed by atoms with Crippen LogP contribution in [0, 0.1) is 5.92 Å². The topological polar surface area (TPSA) is 50.4 Å². The summed E-state index contributed by atoms with van der Waals surface area (Å²) in [6.07, 6.45) is 4.09. The Kier molecular flexibility index (Phi) is 3.42. The average Bonchev–Trinajstić information content (AvgIpc) is 2.35. The Morgan fingerprint density at radius 2 is 2.32 bits per heavy atom. The minimum Gasteiger partial charge on any atom is -0.482 e. The Labute approximate surface area is 113 Å². The number of rotatable bonds is 4. The summed E-state index contributed by atoms with van der Waals surface area (Å²) >= 11 is 0. The maximum absolute atomic E-state index is 11.3. The number of hydrogen-bond donors (Lipinski definition) is 2. The van der Waals surface area contributed by atoms with E-state index in [1.165, 1.54) is 24.8 Å². The van der Waals surface area contributed by atoms with Gasteiger partial charge in [0.1, 0.15) is 5.75 Å². The molecular formula is C15H20N2O2. The Morgan fingerprint density at radius 3 is 3.05 bits per heavy atom. The summed E-state index contributed by atoms with van der Waals surface area (Å²) in [6, 6.07) is 6.30.